The molecule has 0 aliphatic heterocycles. The van der Waals surface area contributed by atoms with Gasteiger partial charge in [-0.2, -0.15) is 0 Å². The van der Waals surface area contributed by atoms with Gasteiger partial charge in [-0.25, -0.2) is 0 Å². The van der Waals surface area contributed by atoms with Gasteiger partial charge in [-0.3, -0.25) is 4.79 Å². The van der Waals surface area contributed by atoms with Crippen molar-refractivity contribution >= 4 is 5.91 Å². The van der Waals surface area contributed by atoms with Crippen LogP contribution in [0.3, 0.4) is 0 Å². The van der Waals surface area contributed by atoms with Crippen LogP contribution in [0, 0.1) is 0 Å². The number of rotatable bonds is 11. The van der Waals surface area contributed by atoms with Gasteiger partial charge in [0.15, 0.2) is 0 Å². The van der Waals surface area contributed by atoms with E-state index in [1.54, 1.807) is 0 Å². The van der Waals surface area contributed by atoms with Crippen molar-refractivity contribution in [2.75, 3.05) is 26.2 Å². The van der Waals surface area contributed by atoms with E-state index in [0.29, 0.717) is 12.3 Å². The van der Waals surface area contributed by atoms with Gasteiger partial charge in [0.05, 0.1) is 0 Å². The van der Waals surface area contributed by atoms with Crippen molar-refractivity contribution in [1.29, 1.82) is 0 Å². The van der Waals surface area contributed by atoms with Gasteiger partial charge in [0, 0.05) is 19.5 Å². The molecule has 0 spiro atoms. The summed E-state index contributed by atoms with van der Waals surface area (Å²) in [5.74, 6) is 0.298. The minimum Gasteiger partial charge on any atom is -0.343 e. The van der Waals surface area contributed by atoms with Crippen LogP contribution in [0.1, 0.15) is 59.3 Å². The van der Waals surface area contributed by atoms with Gasteiger partial charge in [-0.1, -0.05) is 33.6 Å². The summed E-state index contributed by atoms with van der Waals surface area (Å²) in [5.41, 5.74) is 0. The zero-order valence-electron chi connectivity index (χ0n) is 11.9. The molecule has 0 fully saturated rings. The summed E-state index contributed by atoms with van der Waals surface area (Å²) < 4.78 is 0. The Hall–Kier alpha value is -0.570. The van der Waals surface area contributed by atoms with Crippen molar-refractivity contribution in [3.8, 4) is 0 Å². The Kier molecular flexibility index (Phi) is 11.5. The molecule has 0 aliphatic carbocycles. The van der Waals surface area contributed by atoms with E-state index in [1.807, 2.05) is 11.8 Å². The van der Waals surface area contributed by atoms with E-state index >= 15 is 0 Å². The number of nitrogens with zero attached hydrogens (tertiary/aromatic N) is 1. The summed E-state index contributed by atoms with van der Waals surface area (Å²) in [6.07, 6.45) is 6.46. The van der Waals surface area contributed by atoms with Gasteiger partial charge < -0.3 is 10.2 Å². The Labute approximate surface area is 107 Å². The van der Waals surface area contributed by atoms with Gasteiger partial charge in [-0.05, 0) is 32.4 Å². The third kappa shape index (κ3) is 9.16. The molecule has 0 rings (SSSR count). The fraction of sp³-hybridized carbons (Fsp3) is 0.929. The van der Waals surface area contributed by atoms with Crippen molar-refractivity contribution in [2.45, 2.75) is 59.3 Å². The molecule has 0 unspecified atom stereocenters. The molecule has 1 N–H and O–H groups in total. The Morgan fingerprint density at radius 1 is 0.941 bits per heavy atom. The van der Waals surface area contributed by atoms with Gasteiger partial charge in [0.25, 0.3) is 0 Å². The molecular formula is C14H30N2O. The van der Waals surface area contributed by atoms with Crippen LogP contribution in [-0.2, 0) is 4.79 Å². The summed E-state index contributed by atoms with van der Waals surface area (Å²) in [6, 6.07) is 0. The van der Waals surface area contributed by atoms with E-state index in [4.69, 9.17) is 0 Å². The molecule has 0 heterocycles. The Morgan fingerprint density at radius 2 is 1.53 bits per heavy atom. The summed E-state index contributed by atoms with van der Waals surface area (Å²) >= 11 is 0. The zero-order chi connectivity index (χ0) is 12.9. The van der Waals surface area contributed by atoms with Crippen LogP contribution in [0.15, 0.2) is 0 Å². The van der Waals surface area contributed by atoms with Crippen molar-refractivity contribution in [3.05, 3.63) is 0 Å². The van der Waals surface area contributed by atoms with Gasteiger partial charge in [0.2, 0.25) is 5.91 Å². The molecule has 0 bridgehead atoms. The highest BCUT2D eigenvalue weighted by Crippen LogP contribution is 2.00. The topological polar surface area (TPSA) is 32.3 Å². The minimum atomic E-state index is 0.298. The molecule has 0 aromatic heterocycles. The van der Waals surface area contributed by atoms with Crippen LogP contribution in [0.4, 0.5) is 0 Å². The van der Waals surface area contributed by atoms with Crippen molar-refractivity contribution in [2.24, 2.45) is 0 Å². The van der Waals surface area contributed by atoms with E-state index in [-0.39, 0.29) is 0 Å². The lowest BCUT2D eigenvalue weighted by molar-refractivity contribution is -0.131. The lowest BCUT2D eigenvalue weighted by Gasteiger charge is -2.22. The molecule has 0 atom stereocenters. The van der Waals surface area contributed by atoms with Crippen molar-refractivity contribution in [1.82, 2.24) is 10.2 Å². The fourth-order valence-electron chi connectivity index (χ4n) is 1.76. The first-order valence-corrected chi connectivity index (χ1v) is 7.24. The number of carbonyl (C=O) groups is 1. The molecular weight excluding hydrogens is 212 g/mol. The molecule has 0 saturated carbocycles. The maximum Gasteiger partial charge on any atom is 0.222 e. The maximum atomic E-state index is 11.7. The number of hydrogen-bond acceptors (Lipinski definition) is 2. The molecule has 3 heteroatoms. The largest absolute Gasteiger partial charge is 0.343 e. The summed E-state index contributed by atoms with van der Waals surface area (Å²) in [6.45, 7) is 10.3. The predicted octanol–water partition coefficient (Wildman–Crippen LogP) is 2.80. The molecule has 17 heavy (non-hydrogen) atoms. The van der Waals surface area contributed by atoms with Crippen LogP contribution in [0.2, 0.25) is 0 Å². The average Bonchev–Trinajstić information content (AvgIpc) is 2.36. The van der Waals surface area contributed by atoms with Crippen LogP contribution >= 0.6 is 0 Å². The van der Waals surface area contributed by atoms with Gasteiger partial charge in [-0.15, -0.1) is 0 Å². The van der Waals surface area contributed by atoms with E-state index in [9.17, 15) is 4.79 Å². The molecule has 0 aromatic carbocycles. The number of nitrogens with one attached hydrogen (secondary N) is 1. The predicted molar refractivity (Wildman–Crippen MR) is 74.2 cm³/mol. The van der Waals surface area contributed by atoms with Crippen LogP contribution in [0.5, 0.6) is 0 Å². The summed E-state index contributed by atoms with van der Waals surface area (Å²) in [4.78, 5) is 13.7. The monoisotopic (exact) mass is 242 g/mol. The minimum absolute atomic E-state index is 0.298. The number of amides is 1. The first-order valence-electron chi connectivity index (χ1n) is 7.24. The molecule has 0 aromatic rings. The molecule has 102 valence electrons. The molecule has 0 radical (unpaired) electrons. The number of carbonyl (C=O) groups excluding carboxylic acids is 1. The SMILES string of the molecule is CCCCNCCCN(CCCC)C(=O)CC. The normalized spacial score (nSPS) is 10.5. The fourth-order valence-corrected chi connectivity index (χ4v) is 1.76. The Bertz CT molecular complexity index is 183. The molecule has 3 nitrogen and oxygen atoms in total. The molecule has 0 aliphatic rings. The Balaban J connectivity index is 3.64. The van der Waals surface area contributed by atoms with E-state index in [1.165, 1.54) is 12.8 Å². The summed E-state index contributed by atoms with van der Waals surface area (Å²) in [7, 11) is 0. The van der Waals surface area contributed by atoms with Gasteiger partial charge >= 0.3 is 0 Å². The molecule has 0 saturated heterocycles. The second kappa shape index (κ2) is 11.9. The highest BCUT2D eigenvalue weighted by atomic mass is 16.2. The standard InChI is InChI=1S/C14H30N2O/c1-4-7-10-15-11-9-13-16(12-8-5-2)14(17)6-3/h15H,4-13H2,1-3H3. The first kappa shape index (κ1) is 16.4. The van der Waals surface area contributed by atoms with Crippen LogP contribution < -0.4 is 5.32 Å². The van der Waals surface area contributed by atoms with E-state index < -0.39 is 0 Å². The van der Waals surface area contributed by atoms with Crippen LogP contribution in [0.25, 0.3) is 0 Å². The Morgan fingerprint density at radius 3 is 2.12 bits per heavy atom. The third-order valence-corrected chi connectivity index (χ3v) is 2.93. The zero-order valence-corrected chi connectivity index (χ0v) is 11.9. The second-order valence-electron chi connectivity index (χ2n) is 4.55. The highest BCUT2D eigenvalue weighted by molar-refractivity contribution is 5.75. The lowest BCUT2D eigenvalue weighted by atomic mass is 10.2. The van der Waals surface area contributed by atoms with Gasteiger partial charge in [0.1, 0.15) is 0 Å². The van der Waals surface area contributed by atoms with E-state index in [0.717, 1.165) is 45.4 Å². The second-order valence-corrected chi connectivity index (χ2v) is 4.55. The van der Waals surface area contributed by atoms with Crippen molar-refractivity contribution < 1.29 is 4.79 Å². The lowest BCUT2D eigenvalue weighted by Crippen LogP contribution is -2.33. The maximum absolute atomic E-state index is 11.7. The third-order valence-electron chi connectivity index (χ3n) is 2.93. The molecule has 1 amide bonds. The van der Waals surface area contributed by atoms with Crippen molar-refractivity contribution in [3.63, 3.8) is 0 Å². The number of unbranched alkanes of at least 4 members (excludes halogenated alkanes) is 2. The van der Waals surface area contributed by atoms with E-state index in [2.05, 4.69) is 19.2 Å². The number of hydrogen-bond donors (Lipinski definition) is 1. The first-order chi connectivity index (χ1) is 8.26. The quantitative estimate of drug-likeness (QED) is 0.565. The highest BCUT2D eigenvalue weighted by Gasteiger charge is 2.09. The smallest absolute Gasteiger partial charge is 0.222 e. The van der Waals surface area contributed by atoms with Crippen LogP contribution in [-0.4, -0.2) is 37.0 Å². The average molecular weight is 242 g/mol. The summed E-state index contributed by atoms with van der Waals surface area (Å²) in [5, 5.41) is 3.42.